The first kappa shape index (κ1) is 23.2. The predicted molar refractivity (Wildman–Crippen MR) is 40.9 cm³/mol. The van der Waals surface area contributed by atoms with Crippen LogP contribution in [0, 0.1) is 0 Å². The van der Waals surface area contributed by atoms with Crippen molar-refractivity contribution in [3.63, 3.8) is 0 Å². The van der Waals surface area contributed by atoms with Crippen LogP contribution in [0.1, 0.15) is 5.71 Å². The molecule has 0 unspecified atom stereocenters. The van der Waals surface area contributed by atoms with Gasteiger partial charge in [-0.2, -0.15) is 0 Å². The molecule has 0 aliphatic rings. The molecule has 0 rings (SSSR count). The fourth-order valence-corrected chi connectivity index (χ4v) is 0. The molecule has 0 spiro atoms. The van der Waals surface area contributed by atoms with E-state index in [1.807, 2.05) is 0 Å². The molecule has 0 aliphatic heterocycles. The monoisotopic (exact) mass is 292 g/mol. The first-order valence-electron chi connectivity index (χ1n) is 1.43. The van der Waals surface area contributed by atoms with Crippen molar-refractivity contribution in [3.8, 4) is 0 Å². The van der Waals surface area contributed by atoms with E-state index >= 15 is 0 Å². The Balaban J connectivity index is -0.00000000785. The van der Waals surface area contributed by atoms with Crippen LogP contribution in [0.3, 0.4) is 0 Å². The van der Waals surface area contributed by atoms with Crippen LogP contribution in [-0.2, 0) is 4.57 Å². The third-order valence-corrected chi connectivity index (χ3v) is 0. The van der Waals surface area contributed by atoms with Gasteiger partial charge in [0.15, 0.2) is 0 Å². The predicted octanol–water partition coefficient (Wildman–Crippen LogP) is -1.02. The standard InChI is InChI=1S/CH2O3.Ca.H3O4P.Sr.4H/c2-1(3)4;;1-5(2,3)4;;;;;/h(H2,2,3,4);;(H3,1,2,3,4);;;;;/q;+2;;+2;4*-1. The van der Waals surface area contributed by atoms with Gasteiger partial charge in [-0.15, -0.1) is 0 Å². The number of rotatable bonds is 0. The average Bonchev–Trinajstić information content (AvgIpc) is 1.19. The Bertz CT molecular complexity index is 131. The number of carbonyl (C=O) groups is 1. The summed E-state index contributed by atoms with van der Waals surface area (Å²) < 4.78 is 8.88. The van der Waals surface area contributed by atoms with Crippen LogP contribution in [0.15, 0.2) is 0 Å². The van der Waals surface area contributed by atoms with Crippen molar-refractivity contribution < 1.29 is 40.0 Å². The van der Waals surface area contributed by atoms with Crippen molar-refractivity contribution >= 4 is 97.2 Å². The van der Waals surface area contributed by atoms with Gasteiger partial charge in [-0.05, 0) is 0 Å². The summed E-state index contributed by atoms with van der Waals surface area (Å²) in [4.78, 5) is 30.1. The summed E-state index contributed by atoms with van der Waals surface area (Å²) in [6.07, 6.45) is -1.83. The summed E-state index contributed by atoms with van der Waals surface area (Å²) in [5.41, 5.74) is 0. The van der Waals surface area contributed by atoms with Crippen molar-refractivity contribution in [1.29, 1.82) is 0 Å². The van der Waals surface area contributed by atoms with Gasteiger partial charge >= 0.3 is 97.2 Å². The molecule has 10 heteroatoms. The van der Waals surface area contributed by atoms with E-state index in [1.165, 1.54) is 0 Å². The molecule has 11 heavy (non-hydrogen) atoms. The van der Waals surface area contributed by atoms with Gasteiger partial charge in [-0.25, -0.2) is 9.36 Å². The Morgan fingerprint density at radius 1 is 1.18 bits per heavy atom. The zero-order chi connectivity index (χ0) is 8.08. The van der Waals surface area contributed by atoms with Crippen molar-refractivity contribution in [3.05, 3.63) is 0 Å². The third-order valence-electron chi connectivity index (χ3n) is 0. The molecule has 64 valence electrons. The molecule has 0 saturated carbocycles. The van der Waals surface area contributed by atoms with Crippen LogP contribution < -0.4 is 0 Å². The summed E-state index contributed by atoms with van der Waals surface area (Å²) in [5, 5.41) is 13.9. The van der Waals surface area contributed by atoms with Crippen LogP contribution in [0.5, 0.6) is 0 Å². The molecule has 0 radical (unpaired) electrons. The minimum Gasteiger partial charge on any atom is -1.00 e. The van der Waals surface area contributed by atoms with E-state index in [4.69, 9.17) is 34.3 Å². The molecule has 0 bridgehead atoms. The molecule has 0 fully saturated rings. The van der Waals surface area contributed by atoms with Gasteiger partial charge in [-0.3, -0.25) is 0 Å². The van der Waals surface area contributed by atoms with Gasteiger partial charge < -0.3 is 30.6 Å². The van der Waals surface area contributed by atoms with Crippen LogP contribution in [0.4, 0.5) is 4.79 Å². The third kappa shape index (κ3) is 276. The molecule has 0 atom stereocenters. The van der Waals surface area contributed by atoms with Crippen LogP contribution in [-0.4, -0.2) is 114 Å². The van der Waals surface area contributed by atoms with Gasteiger partial charge in [0.05, 0.1) is 0 Å². The van der Waals surface area contributed by atoms with E-state index < -0.39 is 14.0 Å². The van der Waals surface area contributed by atoms with Crippen molar-refractivity contribution in [2.24, 2.45) is 0 Å². The Morgan fingerprint density at radius 3 is 1.18 bits per heavy atom. The Kier molecular flexibility index (Phi) is 25.5. The molecule has 7 nitrogen and oxygen atoms in total. The van der Waals surface area contributed by atoms with Crippen LogP contribution in [0.2, 0.25) is 0 Å². The average molecular weight is 292 g/mol. The molecule has 0 heterocycles. The van der Waals surface area contributed by atoms with Crippen molar-refractivity contribution in [2.75, 3.05) is 0 Å². The maximum atomic E-state index is 8.88. The second-order valence-electron chi connectivity index (χ2n) is 0.796. The number of phosphoric acid groups is 1. The first-order chi connectivity index (χ1) is 3.73. The second kappa shape index (κ2) is 12.1. The van der Waals surface area contributed by atoms with E-state index in [0.717, 1.165) is 0 Å². The normalized spacial score (nSPS) is 7.55. The van der Waals surface area contributed by atoms with Gasteiger partial charge in [0, 0.05) is 0 Å². The van der Waals surface area contributed by atoms with Gasteiger partial charge in [0.2, 0.25) is 0 Å². The minimum atomic E-state index is -4.64. The smallest absolute Gasteiger partial charge is 1.00 e. The Labute approximate surface area is 135 Å². The number of hydrogen-bond acceptors (Lipinski definition) is 2. The maximum absolute atomic E-state index is 8.88. The summed E-state index contributed by atoms with van der Waals surface area (Å²) in [7, 11) is -4.64. The fraction of sp³-hybridized carbons (Fsp3) is 0. The van der Waals surface area contributed by atoms with Gasteiger partial charge in [-0.1, -0.05) is 0 Å². The number of hydrogen-bond donors (Lipinski definition) is 5. The van der Waals surface area contributed by atoms with Gasteiger partial charge in [0.25, 0.3) is 0 Å². The van der Waals surface area contributed by atoms with Crippen LogP contribution >= 0.6 is 7.82 Å². The van der Waals surface area contributed by atoms with E-state index in [9.17, 15) is 0 Å². The molecule has 5 N–H and O–H groups in total. The topological polar surface area (TPSA) is 135 Å². The zero-order valence-corrected chi connectivity index (χ0v) is 12.0. The van der Waals surface area contributed by atoms with Crippen molar-refractivity contribution in [1.82, 2.24) is 0 Å². The molecule has 0 amide bonds. The van der Waals surface area contributed by atoms with E-state index in [1.54, 1.807) is 0 Å². The molecule has 0 saturated heterocycles. The molecule has 0 aromatic carbocycles. The Hall–Kier alpha value is 2.12. The molecular weight excluding hydrogens is 283 g/mol. The molecule has 0 aromatic rings. The molecule has 0 aromatic heterocycles. The fourth-order valence-electron chi connectivity index (χ4n) is 0. The quantitative estimate of drug-likeness (QED) is 0.285. The van der Waals surface area contributed by atoms with Crippen LogP contribution in [0.25, 0.3) is 0 Å². The molecular formula is CH9CaO7PSr. The summed E-state index contributed by atoms with van der Waals surface area (Å²) in [5.74, 6) is 0. The summed E-state index contributed by atoms with van der Waals surface area (Å²) in [6.45, 7) is 0. The SMILES string of the molecule is O=C(O)O.O=P(O)(O)O.[Ca+2].[H-].[H-].[H-].[H-].[Sr+2]. The summed E-state index contributed by atoms with van der Waals surface area (Å²) >= 11 is 0. The number of carboxylic acid groups (broad SMARTS) is 2. The second-order valence-corrected chi connectivity index (χ2v) is 1.82. The van der Waals surface area contributed by atoms with E-state index in [2.05, 4.69) is 0 Å². The maximum Gasteiger partial charge on any atom is 2.00 e. The zero-order valence-electron chi connectivity index (χ0n) is 9.41. The van der Waals surface area contributed by atoms with Gasteiger partial charge in [0.1, 0.15) is 0 Å². The molecule has 0 aliphatic carbocycles. The Morgan fingerprint density at radius 2 is 1.18 bits per heavy atom. The van der Waals surface area contributed by atoms with Crippen molar-refractivity contribution in [2.45, 2.75) is 0 Å². The summed E-state index contributed by atoms with van der Waals surface area (Å²) in [6, 6.07) is 0. The largest absolute Gasteiger partial charge is 2.00 e. The van der Waals surface area contributed by atoms with E-state index in [0.29, 0.717) is 0 Å². The minimum absolute atomic E-state index is 0. The van der Waals surface area contributed by atoms with E-state index in [-0.39, 0.29) is 88.9 Å². The first-order valence-corrected chi connectivity index (χ1v) is 3.00.